The highest BCUT2D eigenvalue weighted by Crippen LogP contribution is 2.37. The van der Waals surface area contributed by atoms with Crippen LogP contribution in [0, 0.1) is 5.82 Å². The lowest BCUT2D eigenvalue weighted by Crippen LogP contribution is -2.27. The molecular weight excluding hydrogens is 253 g/mol. The molecule has 0 saturated carbocycles. The fourth-order valence-corrected chi connectivity index (χ4v) is 3.35. The van der Waals surface area contributed by atoms with E-state index in [9.17, 15) is 9.18 Å². The summed E-state index contributed by atoms with van der Waals surface area (Å²) in [6.45, 7) is 2.87. The SMILES string of the molecule is CC1(CNc2ccc(F)cc2C(=O)O)CCCS1. The van der Waals surface area contributed by atoms with Gasteiger partial charge in [-0.3, -0.25) is 0 Å². The fourth-order valence-electron chi connectivity index (χ4n) is 2.11. The molecule has 0 radical (unpaired) electrons. The quantitative estimate of drug-likeness (QED) is 0.881. The van der Waals surface area contributed by atoms with Crippen molar-refractivity contribution in [1.82, 2.24) is 0 Å². The molecule has 1 aromatic carbocycles. The Morgan fingerprint density at radius 1 is 1.61 bits per heavy atom. The zero-order chi connectivity index (χ0) is 13.2. The van der Waals surface area contributed by atoms with Crippen molar-refractivity contribution in [1.29, 1.82) is 0 Å². The van der Waals surface area contributed by atoms with Crippen molar-refractivity contribution in [3.8, 4) is 0 Å². The Morgan fingerprint density at radius 2 is 2.39 bits per heavy atom. The van der Waals surface area contributed by atoms with E-state index in [2.05, 4.69) is 12.2 Å². The first kappa shape index (κ1) is 13.2. The molecule has 1 aliphatic rings. The van der Waals surface area contributed by atoms with E-state index in [4.69, 9.17) is 5.11 Å². The summed E-state index contributed by atoms with van der Waals surface area (Å²) in [6.07, 6.45) is 2.31. The van der Waals surface area contributed by atoms with Crippen molar-refractivity contribution in [2.75, 3.05) is 17.6 Å². The monoisotopic (exact) mass is 269 g/mol. The first-order valence-corrected chi connectivity index (χ1v) is 6.89. The van der Waals surface area contributed by atoms with E-state index < -0.39 is 11.8 Å². The van der Waals surface area contributed by atoms with Crippen LogP contribution in [0.25, 0.3) is 0 Å². The Bertz CT molecular complexity index is 458. The molecule has 5 heteroatoms. The van der Waals surface area contributed by atoms with Crippen LogP contribution in [0.5, 0.6) is 0 Å². The summed E-state index contributed by atoms with van der Waals surface area (Å²) in [4.78, 5) is 11.0. The van der Waals surface area contributed by atoms with Gasteiger partial charge in [0.15, 0.2) is 0 Å². The van der Waals surface area contributed by atoms with Crippen LogP contribution in [0.15, 0.2) is 18.2 Å². The van der Waals surface area contributed by atoms with E-state index in [-0.39, 0.29) is 10.3 Å². The predicted octanol–water partition coefficient (Wildman–Crippen LogP) is 3.22. The molecule has 98 valence electrons. The molecule has 0 amide bonds. The predicted molar refractivity (Wildman–Crippen MR) is 71.9 cm³/mol. The zero-order valence-corrected chi connectivity index (χ0v) is 11.0. The van der Waals surface area contributed by atoms with E-state index in [1.165, 1.54) is 18.6 Å². The van der Waals surface area contributed by atoms with Gasteiger partial charge in [0.25, 0.3) is 0 Å². The van der Waals surface area contributed by atoms with Crippen molar-refractivity contribution >= 4 is 23.4 Å². The first-order chi connectivity index (χ1) is 8.50. The van der Waals surface area contributed by atoms with Crippen molar-refractivity contribution < 1.29 is 14.3 Å². The van der Waals surface area contributed by atoms with Crippen molar-refractivity contribution in [2.45, 2.75) is 24.5 Å². The average Bonchev–Trinajstić information content (AvgIpc) is 2.75. The lowest BCUT2D eigenvalue weighted by Gasteiger charge is -2.24. The molecule has 2 rings (SSSR count). The van der Waals surface area contributed by atoms with E-state index in [0.29, 0.717) is 12.2 Å². The minimum absolute atomic E-state index is 0.0124. The third-order valence-corrected chi connectivity index (χ3v) is 4.70. The second-order valence-electron chi connectivity index (χ2n) is 4.75. The van der Waals surface area contributed by atoms with Crippen LogP contribution in [-0.2, 0) is 0 Å². The van der Waals surface area contributed by atoms with Gasteiger partial charge in [0, 0.05) is 17.0 Å². The minimum Gasteiger partial charge on any atom is -0.478 e. The van der Waals surface area contributed by atoms with Crippen LogP contribution in [0.1, 0.15) is 30.1 Å². The zero-order valence-electron chi connectivity index (χ0n) is 10.2. The summed E-state index contributed by atoms with van der Waals surface area (Å²) >= 11 is 1.90. The number of carbonyl (C=O) groups is 1. The van der Waals surface area contributed by atoms with Crippen LogP contribution in [0.2, 0.25) is 0 Å². The Balaban J connectivity index is 2.11. The molecule has 1 saturated heterocycles. The maximum atomic E-state index is 13.0. The molecule has 0 aromatic heterocycles. The van der Waals surface area contributed by atoms with Gasteiger partial charge < -0.3 is 10.4 Å². The number of halogens is 1. The van der Waals surface area contributed by atoms with Crippen LogP contribution in [-0.4, -0.2) is 28.1 Å². The summed E-state index contributed by atoms with van der Waals surface area (Å²) in [6, 6.07) is 3.81. The van der Waals surface area contributed by atoms with Crippen LogP contribution in [0.4, 0.5) is 10.1 Å². The summed E-state index contributed by atoms with van der Waals surface area (Å²) in [7, 11) is 0. The number of carboxylic acids is 1. The molecule has 1 unspecified atom stereocenters. The van der Waals surface area contributed by atoms with Gasteiger partial charge in [-0.05, 0) is 43.7 Å². The smallest absolute Gasteiger partial charge is 0.337 e. The van der Waals surface area contributed by atoms with Crippen LogP contribution < -0.4 is 5.32 Å². The molecule has 1 atom stereocenters. The first-order valence-electron chi connectivity index (χ1n) is 5.91. The molecule has 1 aromatic rings. The number of hydrogen-bond donors (Lipinski definition) is 2. The molecule has 2 N–H and O–H groups in total. The molecule has 18 heavy (non-hydrogen) atoms. The number of benzene rings is 1. The topological polar surface area (TPSA) is 49.3 Å². The summed E-state index contributed by atoms with van der Waals surface area (Å²) < 4.78 is 13.2. The number of nitrogens with one attached hydrogen (secondary N) is 1. The van der Waals surface area contributed by atoms with E-state index >= 15 is 0 Å². The summed E-state index contributed by atoms with van der Waals surface area (Å²) in [5.74, 6) is -0.492. The van der Waals surface area contributed by atoms with Crippen LogP contribution in [0.3, 0.4) is 0 Å². The average molecular weight is 269 g/mol. The third-order valence-electron chi connectivity index (χ3n) is 3.17. The lowest BCUT2D eigenvalue weighted by molar-refractivity contribution is 0.0697. The Hall–Kier alpha value is -1.23. The van der Waals surface area contributed by atoms with Gasteiger partial charge in [-0.25, -0.2) is 9.18 Å². The molecule has 1 heterocycles. The van der Waals surface area contributed by atoms with Gasteiger partial charge >= 0.3 is 5.97 Å². The maximum Gasteiger partial charge on any atom is 0.337 e. The van der Waals surface area contributed by atoms with Gasteiger partial charge in [0.05, 0.1) is 5.56 Å². The normalized spacial score (nSPS) is 23.0. The number of rotatable bonds is 4. The summed E-state index contributed by atoms with van der Waals surface area (Å²) in [5.41, 5.74) is 0.472. The molecule has 1 aliphatic heterocycles. The van der Waals surface area contributed by atoms with E-state index in [1.54, 1.807) is 0 Å². The Kier molecular flexibility index (Phi) is 3.80. The number of carboxylic acid groups (broad SMARTS) is 1. The molecule has 3 nitrogen and oxygen atoms in total. The van der Waals surface area contributed by atoms with Gasteiger partial charge in [0.1, 0.15) is 5.82 Å². The minimum atomic E-state index is -1.11. The number of hydrogen-bond acceptors (Lipinski definition) is 3. The van der Waals surface area contributed by atoms with Crippen molar-refractivity contribution in [3.05, 3.63) is 29.6 Å². The van der Waals surface area contributed by atoms with Crippen molar-refractivity contribution in [3.63, 3.8) is 0 Å². The van der Waals surface area contributed by atoms with Gasteiger partial charge in [-0.2, -0.15) is 11.8 Å². The summed E-state index contributed by atoms with van der Waals surface area (Å²) in [5, 5.41) is 12.2. The number of aromatic carboxylic acids is 1. The molecule has 1 fully saturated rings. The van der Waals surface area contributed by atoms with Crippen LogP contribution >= 0.6 is 11.8 Å². The second kappa shape index (κ2) is 5.18. The highest BCUT2D eigenvalue weighted by molar-refractivity contribution is 8.00. The van der Waals surface area contributed by atoms with Crippen molar-refractivity contribution in [2.24, 2.45) is 0 Å². The largest absolute Gasteiger partial charge is 0.478 e. The molecular formula is C13H16FNO2S. The standard InChI is InChI=1S/C13H16FNO2S/c1-13(5-2-6-18-13)8-15-11-4-3-9(14)7-10(11)12(16)17/h3-4,7,15H,2,5-6,8H2,1H3,(H,16,17). The number of anilines is 1. The second-order valence-corrected chi connectivity index (χ2v) is 6.43. The van der Waals surface area contributed by atoms with Gasteiger partial charge in [0.2, 0.25) is 0 Å². The Morgan fingerprint density at radius 3 is 3.00 bits per heavy atom. The van der Waals surface area contributed by atoms with Gasteiger partial charge in [-0.15, -0.1) is 0 Å². The highest BCUT2D eigenvalue weighted by Gasteiger charge is 2.29. The molecule has 0 bridgehead atoms. The lowest BCUT2D eigenvalue weighted by atomic mass is 10.1. The third kappa shape index (κ3) is 2.96. The van der Waals surface area contributed by atoms with E-state index in [0.717, 1.165) is 18.2 Å². The fraction of sp³-hybridized carbons (Fsp3) is 0.462. The number of thioether (sulfide) groups is 1. The molecule has 0 spiro atoms. The highest BCUT2D eigenvalue weighted by atomic mass is 32.2. The maximum absolute atomic E-state index is 13.0. The van der Waals surface area contributed by atoms with E-state index in [1.807, 2.05) is 11.8 Å². The van der Waals surface area contributed by atoms with Gasteiger partial charge in [-0.1, -0.05) is 0 Å². The Labute approximate surface area is 110 Å². The molecule has 0 aliphatic carbocycles.